The third-order valence-corrected chi connectivity index (χ3v) is 3.75. The van der Waals surface area contributed by atoms with Gasteiger partial charge in [0.05, 0.1) is 11.0 Å². The first-order chi connectivity index (χ1) is 10.5. The molecule has 6 heteroatoms. The molecule has 0 radical (unpaired) electrons. The maximum Gasteiger partial charge on any atom is 0.275 e. The molecule has 0 fully saturated rings. The van der Waals surface area contributed by atoms with Gasteiger partial charge in [0.25, 0.3) is 5.56 Å². The zero-order valence-corrected chi connectivity index (χ0v) is 12.4. The Bertz CT molecular complexity index is 924. The first-order valence-corrected chi connectivity index (χ1v) is 6.98. The Morgan fingerprint density at radius 1 is 1.18 bits per heavy atom. The summed E-state index contributed by atoms with van der Waals surface area (Å²) < 4.78 is 16.8. The molecule has 2 heterocycles. The number of rotatable bonds is 3. The van der Waals surface area contributed by atoms with Gasteiger partial charge in [0.2, 0.25) is 5.91 Å². The molecular formula is C16H16FN3O2. The predicted molar refractivity (Wildman–Crippen MR) is 82.4 cm³/mol. The van der Waals surface area contributed by atoms with Crippen LogP contribution in [0.3, 0.4) is 0 Å². The van der Waals surface area contributed by atoms with Crippen LogP contribution in [0.25, 0.3) is 16.6 Å². The second-order valence-corrected chi connectivity index (χ2v) is 5.39. The number of benzene rings is 1. The molecule has 0 aliphatic heterocycles. The number of carbonyl (C=O) groups is 1. The van der Waals surface area contributed by atoms with E-state index in [1.807, 2.05) is 0 Å². The molecule has 3 rings (SSSR count). The Hall–Kier alpha value is -2.63. The standard InChI is InChI=1S/C16H16FN3O2/c1-18(2)15(21)7-9-20-14-10-11(17)5-6-12(14)19-8-3-4-13(19)16(20)22/h3-6,8,10H,7,9H2,1-2H3. The minimum atomic E-state index is -0.411. The Morgan fingerprint density at radius 3 is 2.68 bits per heavy atom. The van der Waals surface area contributed by atoms with Crippen molar-refractivity contribution in [3.05, 3.63) is 52.7 Å². The molecule has 0 bridgehead atoms. The monoisotopic (exact) mass is 301 g/mol. The van der Waals surface area contributed by atoms with Crippen molar-refractivity contribution in [1.82, 2.24) is 13.9 Å². The van der Waals surface area contributed by atoms with Gasteiger partial charge in [-0.3, -0.25) is 9.59 Å². The van der Waals surface area contributed by atoms with Gasteiger partial charge in [0.15, 0.2) is 0 Å². The smallest absolute Gasteiger partial charge is 0.275 e. The second-order valence-electron chi connectivity index (χ2n) is 5.39. The molecule has 1 amide bonds. The number of aromatic nitrogens is 2. The number of hydrogen-bond donors (Lipinski definition) is 0. The van der Waals surface area contributed by atoms with Gasteiger partial charge in [0, 0.05) is 33.3 Å². The quantitative estimate of drug-likeness (QED) is 0.741. The van der Waals surface area contributed by atoms with Crippen LogP contribution in [0, 0.1) is 5.82 Å². The number of hydrogen-bond acceptors (Lipinski definition) is 2. The van der Waals surface area contributed by atoms with E-state index in [-0.39, 0.29) is 24.4 Å². The van der Waals surface area contributed by atoms with E-state index in [9.17, 15) is 14.0 Å². The number of carbonyl (C=O) groups excluding carboxylic acids is 1. The molecule has 0 unspecified atom stereocenters. The van der Waals surface area contributed by atoms with E-state index >= 15 is 0 Å². The number of aryl methyl sites for hydroxylation is 1. The van der Waals surface area contributed by atoms with Crippen molar-refractivity contribution in [3.63, 3.8) is 0 Å². The normalized spacial score (nSPS) is 11.2. The maximum atomic E-state index is 13.6. The largest absolute Gasteiger partial charge is 0.349 e. The maximum absolute atomic E-state index is 13.6. The summed E-state index contributed by atoms with van der Waals surface area (Å²) in [4.78, 5) is 25.8. The van der Waals surface area contributed by atoms with Crippen LogP contribution in [-0.4, -0.2) is 33.9 Å². The van der Waals surface area contributed by atoms with Crippen LogP contribution in [-0.2, 0) is 11.3 Å². The Morgan fingerprint density at radius 2 is 1.95 bits per heavy atom. The third-order valence-electron chi connectivity index (χ3n) is 3.75. The summed E-state index contributed by atoms with van der Waals surface area (Å²) in [5.74, 6) is -0.488. The lowest BCUT2D eigenvalue weighted by molar-refractivity contribution is -0.128. The number of fused-ring (bicyclic) bond motifs is 3. The summed E-state index contributed by atoms with van der Waals surface area (Å²) >= 11 is 0. The molecule has 0 saturated heterocycles. The van der Waals surface area contributed by atoms with Crippen LogP contribution in [0.15, 0.2) is 41.3 Å². The van der Waals surface area contributed by atoms with Gasteiger partial charge in [-0.15, -0.1) is 0 Å². The van der Waals surface area contributed by atoms with E-state index in [1.165, 1.54) is 21.6 Å². The van der Waals surface area contributed by atoms with Crippen LogP contribution < -0.4 is 5.56 Å². The molecule has 5 nitrogen and oxygen atoms in total. The first-order valence-electron chi connectivity index (χ1n) is 6.98. The van der Waals surface area contributed by atoms with Crippen molar-refractivity contribution in [2.75, 3.05) is 14.1 Å². The first kappa shape index (κ1) is 14.3. The van der Waals surface area contributed by atoms with Gasteiger partial charge >= 0.3 is 0 Å². The zero-order valence-electron chi connectivity index (χ0n) is 12.4. The highest BCUT2D eigenvalue weighted by molar-refractivity contribution is 5.80. The summed E-state index contributed by atoms with van der Waals surface area (Å²) in [7, 11) is 3.33. The number of halogens is 1. The fraction of sp³-hybridized carbons (Fsp3) is 0.250. The molecule has 114 valence electrons. The lowest BCUT2D eigenvalue weighted by Gasteiger charge is -2.14. The lowest BCUT2D eigenvalue weighted by Crippen LogP contribution is -2.27. The molecule has 3 aromatic rings. The van der Waals surface area contributed by atoms with Crippen molar-refractivity contribution in [2.24, 2.45) is 0 Å². The fourth-order valence-electron chi connectivity index (χ4n) is 2.58. The van der Waals surface area contributed by atoms with Crippen LogP contribution >= 0.6 is 0 Å². The molecule has 22 heavy (non-hydrogen) atoms. The number of amides is 1. The third kappa shape index (κ3) is 2.26. The Balaban J connectivity index is 2.21. The predicted octanol–water partition coefficient (Wildman–Crippen LogP) is 1.87. The van der Waals surface area contributed by atoms with Crippen molar-refractivity contribution in [1.29, 1.82) is 0 Å². The van der Waals surface area contributed by atoms with Crippen molar-refractivity contribution in [2.45, 2.75) is 13.0 Å². The SMILES string of the molecule is CN(C)C(=O)CCn1c(=O)c2cccn2c2ccc(F)cc21. The topological polar surface area (TPSA) is 46.7 Å². The molecule has 0 N–H and O–H groups in total. The van der Waals surface area contributed by atoms with E-state index in [0.717, 1.165) is 5.52 Å². The second kappa shape index (κ2) is 5.29. The summed E-state index contributed by atoms with van der Waals surface area (Å²) in [6.07, 6.45) is 1.96. The highest BCUT2D eigenvalue weighted by atomic mass is 19.1. The summed E-state index contributed by atoms with van der Waals surface area (Å²) in [5.41, 5.74) is 1.50. The van der Waals surface area contributed by atoms with Crippen LogP contribution in [0.2, 0.25) is 0 Å². The molecule has 0 aliphatic carbocycles. The molecule has 0 atom stereocenters. The van der Waals surface area contributed by atoms with Gasteiger partial charge in [-0.25, -0.2) is 4.39 Å². The minimum absolute atomic E-state index is 0.0771. The van der Waals surface area contributed by atoms with E-state index < -0.39 is 5.82 Å². The lowest BCUT2D eigenvalue weighted by atomic mass is 10.2. The van der Waals surface area contributed by atoms with Crippen LogP contribution in [0.5, 0.6) is 0 Å². The van der Waals surface area contributed by atoms with E-state index in [4.69, 9.17) is 0 Å². The van der Waals surface area contributed by atoms with E-state index in [2.05, 4.69) is 0 Å². The summed E-state index contributed by atoms with van der Waals surface area (Å²) in [6, 6.07) is 7.82. The van der Waals surface area contributed by atoms with Crippen LogP contribution in [0.1, 0.15) is 6.42 Å². The van der Waals surface area contributed by atoms with Gasteiger partial charge < -0.3 is 13.9 Å². The average molecular weight is 301 g/mol. The molecule has 0 aliphatic rings. The molecule has 0 spiro atoms. The van der Waals surface area contributed by atoms with Gasteiger partial charge in [0.1, 0.15) is 11.3 Å². The fourth-order valence-corrected chi connectivity index (χ4v) is 2.58. The van der Waals surface area contributed by atoms with Crippen molar-refractivity contribution in [3.8, 4) is 0 Å². The Kier molecular flexibility index (Phi) is 3.44. The van der Waals surface area contributed by atoms with E-state index in [0.29, 0.717) is 11.0 Å². The minimum Gasteiger partial charge on any atom is -0.349 e. The molecule has 1 aromatic carbocycles. The zero-order chi connectivity index (χ0) is 15.9. The van der Waals surface area contributed by atoms with E-state index in [1.54, 1.807) is 42.9 Å². The Labute approximate surface area is 126 Å². The van der Waals surface area contributed by atoms with Gasteiger partial charge in [-0.2, -0.15) is 0 Å². The van der Waals surface area contributed by atoms with Crippen molar-refractivity contribution >= 4 is 22.5 Å². The van der Waals surface area contributed by atoms with Crippen molar-refractivity contribution < 1.29 is 9.18 Å². The van der Waals surface area contributed by atoms with Gasteiger partial charge in [-0.1, -0.05) is 0 Å². The highest BCUT2D eigenvalue weighted by Gasteiger charge is 2.13. The summed E-state index contributed by atoms with van der Waals surface area (Å²) in [5, 5.41) is 0. The average Bonchev–Trinajstić information content (AvgIpc) is 2.96. The molecular weight excluding hydrogens is 285 g/mol. The molecule has 2 aromatic heterocycles. The number of nitrogens with zero attached hydrogens (tertiary/aromatic N) is 3. The summed E-state index contributed by atoms with van der Waals surface area (Å²) in [6.45, 7) is 0.220. The van der Waals surface area contributed by atoms with Crippen LogP contribution in [0.4, 0.5) is 4.39 Å². The van der Waals surface area contributed by atoms with Gasteiger partial charge in [-0.05, 0) is 30.3 Å². The molecule has 0 saturated carbocycles. The highest BCUT2D eigenvalue weighted by Crippen LogP contribution is 2.17.